The summed E-state index contributed by atoms with van der Waals surface area (Å²) in [6.45, 7) is 1.02. The Hall–Kier alpha value is -2.97. The maximum Gasteiger partial charge on any atom is 0.291 e. The molecule has 0 saturated carbocycles. The number of hydrogen-bond donors (Lipinski definition) is 1. The number of carbonyl (C=O) groups excluding carboxylic acids is 1. The van der Waals surface area contributed by atoms with Gasteiger partial charge in [-0.3, -0.25) is 4.79 Å². The van der Waals surface area contributed by atoms with Gasteiger partial charge in [0.25, 0.3) is 5.91 Å². The Morgan fingerprint density at radius 2 is 1.72 bits per heavy atom. The molecule has 1 saturated heterocycles. The summed E-state index contributed by atoms with van der Waals surface area (Å²) in [6, 6.07) is 15.0. The zero-order chi connectivity index (χ0) is 20.4. The van der Waals surface area contributed by atoms with Crippen molar-refractivity contribution in [2.45, 2.75) is 17.7 Å². The molecule has 0 radical (unpaired) electrons. The fraction of sp³-hybridized carbons (Fsp3) is 0.190. The third kappa shape index (κ3) is 4.08. The molecule has 2 heterocycles. The number of halogens is 1. The molecule has 1 aliphatic rings. The molecule has 0 aliphatic carbocycles. The second-order valence-corrected chi connectivity index (χ2v) is 8.70. The van der Waals surface area contributed by atoms with E-state index < -0.39 is 15.9 Å². The predicted molar refractivity (Wildman–Crippen MR) is 106 cm³/mol. The molecule has 1 aliphatic heterocycles. The van der Waals surface area contributed by atoms with Crippen LogP contribution in [0.15, 0.2) is 70.0 Å². The van der Waals surface area contributed by atoms with Crippen molar-refractivity contribution in [3.8, 4) is 11.3 Å². The van der Waals surface area contributed by atoms with Crippen LogP contribution in [0.3, 0.4) is 0 Å². The van der Waals surface area contributed by atoms with Crippen LogP contribution in [0.5, 0.6) is 0 Å². The van der Waals surface area contributed by atoms with Gasteiger partial charge in [-0.2, -0.15) is 4.31 Å². The largest absolute Gasteiger partial charge is 0.451 e. The average molecular weight is 414 g/mol. The summed E-state index contributed by atoms with van der Waals surface area (Å²) in [4.78, 5) is 12.6. The van der Waals surface area contributed by atoms with Crippen molar-refractivity contribution < 1.29 is 22.0 Å². The topological polar surface area (TPSA) is 79.6 Å². The Labute approximate surface area is 168 Å². The van der Waals surface area contributed by atoms with E-state index in [2.05, 4.69) is 5.32 Å². The van der Waals surface area contributed by atoms with Gasteiger partial charge in [-0.05, 0) is 67.4 Å². The van der Waals surface area contributed by atoms with Gasteiger partial charge in [0.1, 0.15) is 11.6 Å². The molecular weight excluding hydrogens is 395 g/mol. The third-order valence-corrected chi connectivity index (χ3v) is 6.65. The Morgan fingerprint density at radius 3 is 2.45 bits per heavy atom. The summed E-state index contributed by atoms with van der Waals surface area (Å²) < 4.78 is 45.5. The first-order valence-corrected chi connectivity index (χ1v) is 10.6. The van der Waals surface area contributed by atoms with E-state index in [0.29, 0.717) is 30.1 Å². The van der Waals surface area contributed by atoms with Crippen LogP contribution in [0.4, 0.5) is 10.1 Å². The molecule has 4 rings (SSSR count). The number of nitrogens with one attached hydrogen (secondary N) is 1. The summed E-state index contributed by atoms with van der Waals surface area (Å²) in [5.74, 6) is -0.367. The lowest BCUT2D eigenvalue weighted by Gasteiger charge is -2.16. The fourth-order valence-electron chi connectivity index (χ4n) is 3.23. The van der Waals surface area contributed by atoms with Crippen LogP contribution in [0.1, 0.15) is 23.4 Å². The molecule has 0 atom stereocenters. The van der Waals surface area contributed by atoms with Gasteiger partial charge >= 0.3 is 0 Å². The van der Waals surface area contributed by atoms with Crippen LogP contribution in [-0.2, 0) is 10.0 Å². The Balaban J connectivity index is 1.51. The van der Waals surface area contributed by atoms with Crippen molar-refractivity contribution in [3.05, 3.63) is 72.2 Å². The van der Waals surface area contributed by atoms with E-state index >= 15 is 0 Å². The molecule has 3 aromatic rings. The molecule has 150 valence electrons. The standard InChI is InChI=1S/C21H19FN2O4S/c22-16-8-6-15(7-9-16)19-10-11-20(28-19)21(25)23-17-4-3-5-18(14-17)29(26,27)24-12-1-2-13-24/h3-11,14H,1-2,12-13H2,(H,23,25). The van der Waals surface area contributed by atoms with Crippen molar-refractivity contribution >= 4 is 21.6 Å². The van der Waals surface area contributed by atoms with E-state index in [9.17, 15) is 17.6 Å². The van der Waals surface area contributed by atoms with Crippen LogP contribution < -0.4 is 5.32 Å². The van der Waals surface area contributed by atoms with Gasteiger partial charge < -0.3 is 9.73 Å². The van der Waals surface area contributed by atoms with Crippen LogP contribution in [0, 0.1) is 5.82 Å². The lowest BCUT2D eigenvalue weighted by molar-refractivity contribution is 0.0997. The van der Waals surface area contributed by atoms with Crippen LogP contribution in [0.25, 0.3) is 11.3 Å². The second-order valence-electron chi connectivity index (χ2n) is 6.76. The van der Waals surface area contributed by atoms with E-state index in [1.54, 1.807) is 30.3 Å². The first-order valence-electron chi connectivity index (χ1n) is 9.21. The molecule has 0 bridgehead atoms. The van der Waals surface area contributed by atoms with Gasteiger partial charge in [-0.1, -0.05) is 6.07 Å². The predicted octanol–water partition coefficient (Wildman–Crippen LogP) is 4.12. The molecule has 6 nitrogen and oxygen atoms in total. The van der Waals surface area contributed by atoms with Crippen LogP contribution in [0.2, 0.25) is 0 Å². The summed E-state index contributed by atoms with van der Waals surface area (Å²) in [7, 11) is -3.57. The van der Waals surface area contributed by atoms with Crippen LogP contribution in [-0.4, -0.2) is 31.7 Å². The van der Waals surface area contributed by atoms with Gasteiger partial charge in [-0.15, -0.1) is 0 Å². The Bertz CT molecular complexity index is 1130. The van der Waals surface area contributed by atoms with Crippen LogP contribution >= 0.6 is 0 Å². The van der Waals surface area contributed by atoms with Crippen molar-refractivity contribution in [1.82, 2.24) is 4.31 Å². The minimum absolute atomic E-state index is 0.0668. The number of rotatable bonds is 5. The second kappa shape index (κ2) is 7.81. The van der Waals surface area contributed by atoms with E-state index in [1.165, 1.54) is 34.6 Å². The van der Waals surface area contributed by atoms with Gasteiger partial charge in [0.15, 0.2) is 5.76 Å². The number of amides is 1. The minimum Gasteiger partial charge on any atom is -0.451 e. The highest BCUT2D eigenvalue weighted by Gasteiger charge is 2.27. The summed E-state index contributed by atoms with van der Waals surface area (Å²) >= 11 is 0. The SMILES string of the molecule is O=C(Nc1cccc(S(=O)(=O)N2CCCC2)c1)c1ccc(-c2ccc(F)cc2)o1. The van der Waals surface area contributed by atoms with Gasteiger partial charge in [-0.25, -0.2) is 12.8 Å². The average Bonchev–Trinajstić information content (AvgIpc) is 3.41. The monoisotopic (exact) mass is 414 g/mol. The van der Waals surface area contributed by atoms with Crippen molar-refractivity contribution in [2.75, 3.05) is 18.4 Å². The molecular formula is C21H19FN2O4S. The Morgan fingerprint density at radius 1 is 1.00 bits per heavy atom. The quantitative estimate of drug-likeness (QED) is 0.681. The molecule has 8 heteroatoms. The maximum atomic E-state index is 13.1. The lowest BCUT2D eigenvalue weighted by atomic mass is 10.2. The number of carbonyl (C=O) groups is 1. The zero-order valence-electron chi connectivity index (χ0n) is 15.5. The molecule has 1 N–H and O–H groups in total. The smallest absolute Gasteiger partial charge is 0.291 e. The molecule has 0 unspecified atom stereocenters. The first kappa shape index (κ1) is 19.4. The summed E-state index contributed by atoms with van der Waals surface area (Å²) in [5, 5.41) is 2.66. The zero-order valence-corrected chi connectivity index (χ0v) is 16.3. The van der Waals surface area contributed by atoms with Gasteiger partial charge in [0.2, 0.25) is 10.0 Å². The number of sulfonamides is 1. The number of hydrogen-bond acceptors (Lipinski definition) is 4. The van der Waals surface area contributed by atoms with Crippen molar-refractivity contribution in [1.29, 1.82) is 0 Å². The molecule has 1 aromatic heterocycles. The lowest BCUT2D eigenvalue weighted by Crippen LogP contribution is -2.27. The van der Waals surface area contributed by atoms with Crippen molar-refractivity contribution in [2.24, 2.45) is 0 Å². The fourth-order valence-corrected chi connectivity index (χ4v) is 4.80. The molecule has 2 aromatic carbocycles. The molecule has 29 heavy (non-hydrogen) atoms. The van der Waals surface area contributed by atoms with E-state index in [-0.39, 0.29) is 16.5 Å². The van der Waals surface area contributed by atoms with E-state index in [0.717, 1.165) is 12.8 Å². The third-order valence-electron chi connectivity index (χ3n) is 4.75. The normalized spacial score (nSPS) is 14.8. The first-order chi connectivity index (χ1) is 13.9. The number of anilines is 1. The van der Waals surface area contributed by atoms with Gasteiger partial charge in [0, 0.05) is 24.3 Å². The summed E-state index contributed by atoms with van der Waals surface area (Å²) in [5.41, 5.74) is 0.999. The van der Waals surface area contributed by atoms with Gasteiger partial charge in [0.05, 0.1) is 4.90 Å². The minimum atomic E-state index is -3.57. The number of furan rings is 1. The summed E-state index contributed by atoms with van der Waals surface area (Å²) in [6.07, 6.45) is 1.70. The Kier molecular flexibility index (Phi) is 5.21. The number of benzene rings is 2. The van der Waals surface area contributed by atoms with E-state index in [4.69, 9.17) is 4.42 Å². The van der Waals surface area contributed by atoms with E-state index in [1.807, 2.05) is 0 Å². The van der Waals surface area contributed by atoms with Crippen molar-refractivity contribution in [3.63, 3.8) is 0 Å². The molecule has 1 fully saturated rings. The highest BCUT2D eigenvalue weighted by Crippen LogP contribution is 2.25. The highest BCUT2D eigenvalue weighted by molar-refractivity contribution is 7.89. The molecule has 1 amide bonds. The molecule has 0 spiro atoms. The highest BCUT2D eigenvalue weighted by atomic mass is 32.2. The maximum absolute atomic E-state index is 13.1. The number of nitrogens with zero attached hydrogens (tertiary/aromatic N) is 1.